The highest BCUT2D eigenvalue weighted by Gasteiger charge is 2.73. The van der Waals surface area contributed by atoms with E-state index in [0.29, 0.717) is 18.4 Å². The Morgan fingerprint density at radius 1 is 1.00 bits per heavy atom. The molecule has 1 spiro atoms. The molecule has 0 radical (unpaired) electrons. The van der Waals surface area contributed by atoms with Crippen LogP contribution in [0.3, 0.4) is 0 Å². The molecule has 44 heavy (non-hydrogen) atoms. The summed E-state index contributed by atoms with van der Waals surface area (Å²) in [7, 11) is 0. The van der Waals surface area contributed by atoms with E-state index < -0.39 is 70.4 Å². The molecule has 250 valence electrons. The largest absolute Gasteiger partial charge is 0.461 e. The van der Waals surface area contributed by atoms with Crippen molar-refractivity contribution in [2.45, 2.75) is 150 Å². The minimum Gasteiger partial charge on any atom is -0.461 e. The van der Waals surface area contributed by atoms with Crippen LogP contribution in [0.4, 0.5) is 0 Å². The van der Waals surface area contributed by atoms with Crippen LogP contribution in [0, 0.1) is 28.1 Å². The Morgan fingerprint density at radius 2 is 1.57 bits per heavy atom. The van der Waals surface area contributed by atoms with E-state index in [0.717, 1.165) is 19.3 Å². The SMILES string of the molecule is CCCCCCCCCCCC(=O)O[C@@H]1[C@@H]2C=C(CO)[C@@H](O)[C@]3(O)[C@@H](OC(=O)C(C)(C)C)C(C)=C[C@@]3(C2=O)[C@H](C)CC1(C)C. The van der Waals surface area contributed by atoms with Gasteiger partial charge in [0.25, 0.3) is 0 Å². The van der Waals surface area contributed by atoms with Gasteiger partial charge in [0.2, 0.25) is 0 Å². The Labute approximate surface area is 264 Å². The number of ether oxygens (including phenoxy) is 2. The van der Waals surface area contributed by atoms with Crippen molar-refractivity contribution in [2.75, 3.05) is 6.61 Å². The normalized spacial score (nSPS) is 33.1. The molecular formula is C36H58O8. The zero-order chi connectivity index (χ0) is 33.1. The number of hydrogen-bond acceptors (Lipinski definition) is 8. The number of aliphatic hydroxyl groups is 3. The van der Waals surface area contributed by atoms with Crippen LogP contribution in [-0.2, 0) is 23.9 Å². The lowest BCUT2D eigenvalue weighted by Crippen LogP contribution is -2.66. The molecule has 0 saturated heterocycles. The van der Waals surface area contributed by atoms with E-state index in [9.17, 15) is 29.7 Å². The summed E-state index contributed by atoms with van der Waals surface area (Å²) in [5.41, 5.74) is -4.98. The highest BCUT2D eigenvalue weighted by atomic mass is 16.6. The average molecular weight is 619 g/mol. The standard InChI is InChI=1S/C36H58O8/c1-9-10-11-12-13-14-15-16-17-18-27(38)43-31-26-19-25(22-37)28(39)36(42)30(44-32(41)33(4,5)6)23(2)20-35(36,29(26)40)24(3)21-34(31,7)8/h19-20,24,26,28,30-31,37,39,42H,9-18,21-22H2,1-8H3/t24-,26-,28-,30+,31-,35+,36+/m1/s1. The molecule has 0 aliphatic heterocycles. The fourth-order valence-electron chi connectivity index (χ4n) is 7.88. The van der Waals surface area contributed by atoms with Gasteiger partial charge in [0, 0.05) is 11.8 Å². The second-order valence-electron chi connectivity index (χ2n) is 15.4. The van der Waals surface area contributed by atoms with E-state index in [-0.39, 0.29) is 18.0 Å². The van der Waals surface area contributed by atoms with Gasteiger partial charge in [0.05, 0.1) is 23.4 Å². The lowest BCUT2D eigenvalue weighted by atomic mass is 9.59. The molecule has 0 aromatic rings. The van der Waals surface area contributed by atoms with Crippen LogP contribution in [-0.4, -0.2) is 63.6 Å². The summed E-state index contributed by atoms with van der Waals surface area (Å²) in [5.74, 6) is -2.91. The van der Waals surface area contributed by atoms with Crippen LogP contribution >= 0.6 is 0 Å². The molecule has 0 heterocycles. The molecule has 3 N–H and O–H groups in total. The fourth-order valence-corrected chi connectivity index (χ4v) is 7.88. The van der Waals surface area contributed by atoms with Gasteiger partial charge in [0.1, 0.15) is 12.2 Å². The zero-order valence-corrected chi connectivity index (χ0v) is 28.4. The number of aliphatic hydroxyl groups excluding tert-OH is 2. The lowest BCUT2D eigenvalue weighted by molar-refractivity contribution is -0.207. The zero-order valence-electron chi connectivity index (χ0n) is 28.4. The summed E-state index contributed by atoms with van der Waals surface area (Å²) in [4.78, 5) is 41.0. The molecule has 0 aromatic heterocycles. The first kappa shape index (κ1) is 36.4. The summed E-state index contributed by atoms with van der Waals surface area (Å²) in [6.45, 7) is 14.1. The minimum atomic E-state index is -2.26. The molecule has 8 heteroatoms. The second-order valence-corrected chi connectivity index (χ2v) is 15.4. The Bertz CT molecular complexity index is 1110. The minimum absolute atomic E-state index is 0.0394. The van der Waals surface area contributed by atoms with Gasteiger partial charge < -0.3 is 24.8 Å². The molecule has 0 amide bonds. The molecule has 2 bridgehead atoms. The maximum absolute atomic E-state index is 14.8. The smallest absolute Gasteiger partial charge is 0.311 e. The monoisotopic (exact) mass is 618 g/mol. The van der Waals surface area contributed by atoms with Crippen molar-refractivity contribution in [3.05, 3.63) is 23.3 Å². The van der Waals surface area contributed by atoms with Crippen molar-refractivity contribution in [2.24, 2.45) is 28.1 Å². The highest BCUT2D eigenvalue weighted by molar-refractivity contribution is 5.95. The van der Waals surface area contributed by atoms with Crippen LogP contribution in [0.1, 0.15) is 126 Å². The maximum Gasteiger partial charge on any atom is 0.311 e. The van der Waals surface area contributed by atoms with Crippen LogP contribution in [0.25, 0.3) is 0 Å². The molecule has 7 atom stereocenters. The highest BCUT2D eigenvalue weighted by Crippen LogP contribution is 2.62. The van der Waals surface area contributed by atoms with Crippen molar-refractivity contribution in [3.8, 4) is 0 Å². The number of rotatable bonds is 13. The molecular weight excluding hydrogens is 560 g/mol. The number of carbonyl (C=O) groups excluding carboxylic acids is 3. The van der Waals surface area contributed by atoms with Crippen LogP contribution in [0.2, 0.25) is 0 Å². The third-order valence-corrected chi connectivity index (χ3v) is 10.3. The number of ketones is 1. The number of hydrogen-bond donors (Lipinski definition) is 3. The van der Waals surface area contributed by atoms with Gasteiger partial charge in [-0.2, -0.15) is 0 Å². The first-order chi connectivity index (χ1) is 20.5. The van der Waals surface area contributed by atoms with Crippen molar-refractivity contribution in [1.82, 2.24) is 0 Å². The third kappa shape index (κ3) is 6.87. The predicted molar refractivity (Wildman–Crippen MR) is 169 cm³/mol. The van der Waals surface area contributed by atoms with Crippen molar-refractivity contribution in [1.29, 1.82) is 0 Å². The molecule has 8 nitrogen and oxygen atoms in total. The number of carbonyl (C=O) groups is 3. The van der Waals surface area contributed by atoms with E-state index in [1.807, 2.05) is 20.8 Å². The summed E-state index contributed by atoms with van der Waals surface area (Å²) < 4.78 is 12.0. The summed E-state index contributed by atoms with van der Waals surface area (Å²) in [5, 5.41) is 34.7. The van der Waals surface area contributed by atoms with Crippen molar-refractivity contribution >= 4 is 17.7 Å². The average Bonchev–Trinajstić information content (AvgIpc) is 3.11. The predicted octanol–water partition coefficient (Wildman–Crippen LogP) is 6.00. The number of unbranched alkanes of at least 4 members (excludes halogenated alkanes) is 8. The second kappa shape index (κ2) is 14.2. The van der Waals surface area contributed by atoms with Crippen molar-refractivity contribution in [3.63, 3.8) is 0 Å². The Kier molecular flexibility index (Phi) is 11.7. The molecule has 3 aliphatic carbocycles. The quantitative estimate of drug-likeness (QED) is 0.130. The van der Waals surface area contributed by atoms with Gasteiger partial charge in [-0.05, 0) is 57.6 Å². The van der Waals surface area contributed by atoms with E-state index in [4.69, 9.17) is 9.47 Å². The van der Waals surface area contributed by atoms with Gasteiger partial charge in [-0.15, -0.1) is 0 Å². The van der Waals surface area contributed by atoms with E-state index >= 15 is 0 Å². The van der Waals surface area contributed by atoms with Crippen molar-refractivity contribution < 1.29 is 39.2 Å². The molecule has 0 unspecified atom stereocenters. The molecule has 1 fully saturated rings. The summed E-state index contributed by atoms with van der Waals surface area (Å²) in [6, 6.07) is 0. The van der Waals surface area contributed by atoms with E-state index in [1.165, 1.54) is 38.2 Å². The number of fused-ring (bicyclic) bond motifs is 1. The summed E-state index contributed by atoms with van der Waals surface area (Å²) in [6.07, 6.45) is 10.0. The Balaban J connectivity index is 1.89. The molecule has 3 aliphatic rings. The first-order valence-corrected chi connectivity index (χ1v) is 16.8. The van der Waals surface area contributed by atoms with Gasteiger partial charge in [0.15, 0.2) is 17.5 Å². The summed E-state index contributed by atoms with van der Waals surface area (Å²) >= 11 is 0. The Hall–Kier alpha value is -2.03. The van der Waals surface area contributed by atoms with Crippen LogP contribution in [0.15, 0.2) is 23.3 Å². The van der Waals surface area contributed by atoms with E-state index in [2.05, 4.69) is 6.92 Å². The first-order valence-electron chi connectivity index (χ1n) is 16.8. The Morgan fingerprint density at radius 3 is 2.11 bits per heavy atom. The van der Waals surface area contributed by atoms with Gasteiger partial charge in [-0.1, -0.05) is 91.2 Å². The maximum atomic E-state index is 14.8. The van der Waals surface area contributed by atoms with Gasteiger partial charge >= 0.3 is 11.9 Å². The molecule has 3 rings (SSSR count). The van der Waals surface area contributed by atoms with Crippen LogP contribution < -0.4 is 0 Å². The third-order valence-electron chi connectivity index (χ3n) is 10.3. The van der Waals surface area contributed by atoms with Gasteiger partial charge in [-0.25, -0.2) is 0 Å². The fraction of sp³-hybridized carbons (Fsp3) is 0.806. The van der Waals surface area contributed by atoms with Crippen LogP contribution in [0.5, 0.6) is 0 Å². The number of Topliss-reactive ketones (excluding diaryl/α,β-unsaturated/α-hetero) is 1. The topological polar surface area (TPSA) is 130 Å². The molecule has 0 aromatic carbocycles. The molecule has 1 saturated carbocycles. The van der Waals surface area contributed by atoms with E-state index in [1.54, 1.807) is 33.8 Å². The van der Waals surface area contributed by atoms with Gasteiger partial charge in [-0.3, -0.25) is 14.4 Å². The lowest BCUT2D eigenvalue weighted by Gasteiger charge is -2.49. The number of esters is 2.